The van der Waals surface area contributed by atoms with Crippen molar-refractivity contribution in [2.45, 2.75) is 19.0 Å². The lowest BCUT2D eigenvalue weighted by Gasteiger charge is -2.29. The van der Waals surface area contributed by atoms with E-state index in [0.717, 1.165) is 11.3 Å². The summed E-state index contributed by atoms with van der Waals surface area (Å²) < 4.78 is 5.18. The molecule has 7 heteroatoms. The van der Waals surface area contributed by atoms with Gasteiger partial charge in [0.25, 0.3) is 5.69 Å². The van der Waals surface area contributed by atoms with Crippen LogP contribution in [0.3, 0.4) is 0 Å². The number of esters is 1. The van der Waals surface area contributed by atoms with Gasteiger partial charge in [-0.15, -0.1) is 0 Å². The second kappa shape index (κ2) is 6.78. The number of likely N-dealkylation sites (N-methyl/N-ethyl adjacent to an activating group) is 2. The van der Waals surface area contributed by atoms with Gasteiger partial charge < -0.3 is 14.5 Å². The Morgan fingerprint density at radius 1 is 1.35 bits per heavy atom. The smallest absolute Gasteiger partial charge is 0.330 e. The molecule has 2 rings (SSSR count). The molecule has 0 bridgehead atoms. The highest BCUT2D eigenvalue weighted by Gasteiger charge is 2.40. The third-order valence-corrected chi connectivity index (χ3v) is 3.95. The molecule has 0 N–H and O–H groups in total. The maximum atomic E-state index is 12.3. The molecule has 0 aliphatic carbocycles. The lowest BCUT2D eigenvalue weighted by Crippen LogP contribution is -2.47. The van der Waals surface area contributed by atoms with Crippen LogP contribution in [0, 0.1) is 10.1 Å². The molecule has 2 atom stereocenters. The number of carbonyl (C=O) groups is 1. The highest BCUT2D eigenvalue weighted by molar-refractivity contribution is 5.83. The Morgan fingerprint density at radius 3 is 2.43 bits per heavy atom. The zero-order chi connectivity index (χ0) is 17.1. The fourth-order valence-electron chi connectivity index (χ4n) is 2.76. The van der Waals surface area contributed by atoms with Crippen molar-refractivity contribution in [1.29, 1.82) is 0 Å². The highest BCUT2D eigenvalue weighted by atomic mass is 16.6. The van der Waals surface area contributed by atoms with Gasteiger partial charge in [0.2, 0.25) is 0 Å². The van der Waals surface area contributed by atoms with Crippen LogP contribution in [0.1, 0.15) is 12.5 Å². The first-order valence-corrected chi connectivity index (χ1v) is 7.39. The van der Waals surface area contributed by atoms with Crippen molar-refractivity contribution in [1.82, 2.24) is 9.80 Å². The SMILES string of the molecule is CCOC(=O)[C@H]1[C@@H](N(C)C)C=C(c2ccc([N+](=O)[O-])cc2)N1C. The predicted octanol–water partition coefficient (Wildman–Crippen LogP) is 1.74. The number of hydrogen-bond donors (Lipinski definition) is 0. The molecule has 7 nitrogen and oxygen atoms in total. The number of carbonyl (C=O) groups excluding carboxylic acids is 1. The van der Waals surface area contributed by atoms with E-state index >= 15 is 0 Å². The van der Waals surface area contributed by atoms with E-state index in [-0.39, 0.29) is 17.7 Å². The summed E-state index contributed by atoms with van der Waals surface area (Å²) in [5, 5.41) is 10.8. The molecule has 0 amide bonds. The van der Waals surface area contributed by atoms with E-state index < -0.39 is 11.0 Å². The van der Waals surface area contributed by atoms with E-state index in [1.54, 1.807) is 19.1 Å². The van der Waals surface area contributed by atoms with Crippen molar-refractivity contribution in [3.8, 4) is 0 Å². The van der Waals surface area contributed by atoms with Crippen LogP contribution in [0.4, 0.5) is 5.69 Å². The average molecular weight is 319 g/mol. The Bertz CT molecular complexity index is 625. The standard InChI is InChI=1S/C16H21N3O4/c1-5-23-16(20)15-14(17(2)3)10-13(18(15)4)11-6-8-12(9-7-11)19(21)22/h6-10,14-15H,5H2,1-4H3/t14-,15+/m0/s1. The van der Waals surface area contributed by atoms with Crippen molar-refractivity contribution in [3.05, 3.63) is 46.0 Å². The molecule has 23 heavy (non-hydrogen) atoms. The monoisotopic (exact) mass is 319 g/mol. The topological polar surface area (TPSA) is 75.9 Å². The molecule has 1 aliphatic rings. The van der Waals surface area contributed by atoms with Crippen molar-refractivity contribution in [3.63, 3.8) is 0 Å². The zero-order valence-corrected chi connectivity index (χ0v) is 13.7. The Hall–Kier alpha value is -2.41. The summed E-state index contributed by atoms with van der Waals surface area (Å²) in [6, 6.07) is 5.76. The minimum atomic E-state index is -0.435. The van der Waals surface area contributed by atoms with E-state index in [9.17, 15) is 14.9 Å². The summed E-state index contributed by atoms with van der Waals surface area (Å²) in [6.07, 6.45) is 1.99. The van der Waals surface area contributed by atoms with Crippen LogP contribution in [-0.2, 0) is 9.53 Å². The van der Waals surface area contributed by atoms with Gasteiger partial charge in [-0.05, 0) is 44.8 Å². The lowest BCUT2D eigenvalue weighted by atomic mass is 10.1. The summed E-state index contributed by atoms with van der Waals surface area (Å²) >= 11 is 0. The first-order valence-electron chi connectivity index (χ1n) is 7.39. The maximum Gasteiger partial charge on any atom is 0.330 e. The van der Waals surface area contributed by atoms with Gasteiger partial charge in [0, 0.05) is 24.9 Å². The predicted molar refractivity (Wildman–Crippen MR) is 86.7 cm³/mol. The molecule has 0 fully saturated rings. The Balaban J connectivity index is 2.33. The van der Waals surface area contributed by atoms with Crippen molar-refractivity contribution in [2.75, 3.05) is 27.7 Å². The second-order valence-corrected chi connectivity index (χ2v) is 5.62. The van der Waals surface area contributed by atoms with Crippen LogP contribution in [0.25, 0.3) is 5.70 Å². The number of rotatable bonds is 5. The first-order chi connectivity index (χ1) is 10.9. The molecule has 0 saturated heterocycles. The molecule has 0 unspecified atom stereocenters. The van der Waals surface area contributed by atoms with E-state index in [4.69, 9.17) is 4.74 Å². The van der Waals surface area contributed by atoms with E-state index in [1.165, 1.54) is 12.1 Å². The fraction of sp³-hybridized carbons (Fsp3) is 0.438. The zero-order valence-electron chi connectivity index (χ0n) is 13.7. The average Bonchev–Trinajstić information content (AvgIpc) is 2.85. The molecule has 1 heterocycles. The summed E-state index contributed by atoms with van der Waals surface area (Å²) in [4.78, 5) is 26.4. The van der Waals surface area contributed by atoms with Crippen molar-refractivity contribution >= 4 is 17.4 Å². The summed E-state index contributed by atoms with van der Waals surface area (Å²) in [5.74, 6) is -0.276. The van der Waals surface area contributed by atoms with Crippen LogP contribution < -0.4 is 0 Å². The quantitative estimate of drug-likeness (QED) is 0.467. The summed E-state index contributed by atoms with van der Waals surface area (Å²) in [6.45, 7) is 2.11. The summed E-state index contributed by atoms with van der Waals surface area (Å²) in [5.41, 5.74) is 1.73. The van der Waals surface area contributed by atoms with E-state index in [0.29, 0.717) is 6.61 Å². The third-order valence-electron chi connectivity index (χ3n) is 3.95. The van der Waals surface area contributed by atoms with Gasteiger partial charge in [0.1, 0.15) is 6.04 Å². The Kier molecular flexibility index (Phi) is 5.00. The molecule has 0 spiro atoms. The molecule has 1 aromatic rings. The van der Waals surface area contributed by atoms with Crippen molar-refractivity contribution < 1.29 is 14.5 Å². The molecule has 124 valence electrons. The van der Waals surface area contributed by atoms with Gasteiger partial charge in [0.05, 0.1) is 17.6 Å². The fourth-order valence-corrected chi connectivity index (χ4v) is 2.76. The van der Waals surface area contributed by atoms with Gasteiger partial charge in [-0.25, -0.2) is 4.79 Å². The molecular weight excluding hydrogens is 298 g/mol. The van der Waals surface area contributed by atoms with Crippen LogP contribution >= 0.6 is 0 Å². The Morgan fingerprint density at radius 2 is 1.96 bits per heavy atom. The molecule has 0 saturated carbocycles. The number of nitrogens with zero attached hydrogens (tertiary/aromatic N) is 3. The normalized spacial score (nSPS) is 20.6. The van der Waals surface area contributed by atoms with Crippen LogP contribution in [-0.4, -0.2) is 60.5 Å². The van der Waals surface area contributed by atoms with E-state index in [1.807, 2.05) is 37.0 Å². The van der Waals surface area contributed by atoms with Gasteiger partial charge in [-0.2, -0.15) is 0 Å². The largest absolute Gasteiger partial charge is 0.464 e. The van der Waals surface area contributed by atoms with Gasteiger partial charge >= 0.3 is 5.97 Å². The summed E-state index contributed by atoms with van der Waals surface area (Å²) in [7, 11) is 5.64. The van der Waals surface area contributed by atoms with Gasteiger partial charge in [0.15, 0.2) is 0 Å². The minimum absolute atomic E-state index is 0.0427. The Labute approximate surface area is 135 Å². The van der Waals surface area contributed by atoms with Crippen LogP contribution in [0.15, 0.2) is 30.3 Å². The number of nitro benzene ring substituents is 1. The lowest BCUT2D eigenvalue weighted by molar-refractivity contribution is -0.384. The molecular formula is C16H21N3O4. The number of non-ortho nitro benzene ring substituents is 1. The highest BCUT2D eigenvalue weighted by Crippen LogP contribution is 2.32. The third kappa shape index (κ3) is 3.34. The number of hydrogen-bond acceptors (Lipinski definition) is 6. The maximum absolute atomic E-state index is 12.3. The minimum Gasteiger partial charge on any atom is -0.464 e. The first kappa shape index (κ1) is 17.0. The second-order valence-electron chi connectivity index (χ2n) is 5.62. The molecule has 0 radical (unpaired) electrons. The number of benzene rings is 1. The molecule has 1 aromatic carbocycles. The van der Waals surface area contributed by atoms with E-state index in [2.05, 4.69) is 0 Å². The van der Waals surface area contributed by atoms with Gasteiger partial charge in [-0.1, -0.05) is 0 Å². The van der Waals surface area contributed by atoms with Crippen molar-refractivity contribution in [2.24, 2.45) is 0 Å². The number of ether oxygens (including phenoxy) is 1. The van der Waals surface area contributed by atoms with Crippen LogP contribution in [0.5, 0.6) is 0 Å². The van der Waals surface area contributed by atoms with Crippen LogP contribution in [0.2, 0.25) is 0 Å². The molecule has 1 aliphatic heterocycles. The molecule has 0 aromatic heterocycles. The number of nitro groups is 1. The van der Waals surface area contributed by atoms with Gasteiger partial charge in [-0.3, -0.25) is 10.1 Å².